The molecule has 0 saturated carbocycles. The van der Waals surface area contributed by atoms with Gasteiger partial charge < -0.3 is 24.4 Å². The number of amides is 2. The van der Waals surface area contributed by atoms with Crippen LogP contribution in [0.2, 0.25) is 0 Å². The second-order valence-corrected chi connectivity index (χ2v) is 10.9. The lowest BCUT2D eigenvalue weighted by molar-refractivity contribution is -0.140. The molecule has 0 aromatic heterocycles. The van der Waals surface area contributed by atoms with Gasteiger partial charge >= 0.3 is 12.0 Å². The number of hydrogen-bond acceptors (Lipinski definition) is 6. The van der Waals surface area contributed by atoms with E-state index in [2.05, 4.69) is 16.6 Å². The number of likely N-dealkylation sites (tertiary alicyclic amines) is 1. The normalized spacial score (nSPS) is 17.3. The molecule has 2 aliphatic heterocycles. The number of hydrogen-bond donors (Lipinski definition) is 2. The van der Waals surface area contributed by atoms with Crippen LogP contribution in [-0.2, 0) is 19.6 Å². The monoisotopic (exact) mass is 541 g/mol. The Morgan fingerprint density at radius 2 is 1.47 bits per heavy atom. The van der Waals surface area contributed by atoms with Gasteiger partial charge in [-0.25, -0.2) is 13.2 Å². The van der Waals surface area contributed by atoms with Crippen molar-refractivity contribution in [3.05, 3.63) is 59.7 Å². The van der Waals surface area contributed by atoms with Crippen molar-refractivity contribution in [2.24, 2.45) is 5.92 Å². The van der Waals surface area contributed by atoms with Gasteiger partial charge in [0.25, 0.3) is 0 Å². The smallest absolute Gasteiger partial charge is 0.322 e. The van der Waals surface area contributed by atoms with Gasteiger partial charge in [0.05, 0.1) is 25.2 Å². The van der Waals surface area contributed by atoms with E-state index in [4.69, 9.17) is 9.47 Å². The number of carbonyl (C=O) groups excluding carboxylic acids is 1. The first-order chi connectivity index (χ1) is 18.3. The third-order valence-corrected chi connectivity index (χ3v) is 8.17. The van der Waals surface area contributed by atoms with Gasteiger partial charge in [-0.3, -0.25) is 4.79 Å². The molecule has 38 heavy (non-hydrogen) atoms. The summed E-state index contributed by atoms with van der Waals surface area (Å²) in [5.74, 6) is 5.03. The van der Waals surface area contributed by atoms with Crippen molar-refractivity contribution in [2.75, 3.05) is 46.5 Å². The third-order valence-electron chi connectivity index (χ3n) is 6.72. The molecule has 1 atom stereocenters. The maximum absolute atomic E-state index is 13.0. The third kappa shape index (κ3) is 6.83. The second-order valence-electron chi connectivity index (χ2n) is 9.15. The van der Waals surface area contributed by atoms with Crippen LogP contribution in [0.5, 0.6) is 5.75 Å². The molecule has 202 valence electrons. The van der Waals surface area contributed by atoms with Gasteiger partial charge in [0.15, 0.2) is 0 Å². The van der Waals surface area contributed by atoms with Gasteiger partial charge in [-0.15, -0.1) is 0 Å². The number of urea groups is 1. The van der Waals surface area contributed by atoms with Gasteiger partial charge in [-0.2, -0.15) is 4.72 Å². The number of rotatable bonds is 6. The first-order valence-corrected chi connectivity index (χ1v) is 13.9. The fourth-order valence-corrected chi connectivity index (χ4v) is 5.76. The minimum Gasteiger partial charge on any atom is -0.497 e. The highest BCUT2D eigenvalue weighted by Gasteiger charge is 2.36. The van der Waals surface area contributed by atoms with Gasteiger partial charge in [0.2, 0.25) is 10.0 Å². The number of nitrogens with zero attached hydrogens (tertiary/aromatic N) is 2. The summed E-state index contributed by atoms with van der Waals surface area (Å²) in [6.45, 7) is 2.80. The van der Waals surface area contributed by atoms with Gasteiger partial charge in [0.1, 0.15) is 11.8 Å². The molecular weight excluding hydrogens is 510 g/mol. The van der Waals surface area contributed by atoms with Crippen LogP contribution in [0.4, 0.5) is 4.79 Å². The van der Waals surface area contributed by atoms with E-state index in [0.29, 0.717) is 57.8 Å². The number of aliphatic carboxylic acids is 1. The number of methoxy groups -OCH3 is 1. The molecule has 4 rings (SSSR count). The van der Waals surface area contributed by atoms with E-state index in [9.17, 15) is 23.1 Å². The lowest BCUT2D eigenvalue weighted by Gasteiger charge is -2.38. The fourth-order valence-electron chi connectivity index (χ4n) is 4.50. The number of carboxylic acids is 1. The molecule has 0 spiro atoms. The number of carboxylic acid groups (broad SMARTS) is 1. The first-order valence-electron chi connectivity index (χ1n) is 12.4. The van der Waals surface area contributed by atoms with Gasteiger partial charge in [-0.05, 0) is 67.3 Å². The Labute approximate surface area is 222 Å². The summed E-state index contributed by atoms with van der Waals surface area (Å²) in [5, 5.41) is 9.81. The van der Waals surface area contributed by atoms with Crippen molar-refractivity contribution < 1.29 is 32.6 Å². The quantitative estimate of drug-likeness (QED) is 0.536. The zero-order valence-electron chi connectivity index (χ0n) is 21.1. The summed E-state index contributed by atoms with van der Waals surface area (Å²) in [4.78, 5) is 28.1. The van der Waals surface area contributed by atoms with Crippen LogP contribution in [0, 0.1) is 17.8 Å². The Hall–Kier alpha value is -3.59. The fraction of sp³-hybridized carbons (Fsp3) is 0.407. The minimum absolute atomic E-state index is 0.0429. The number of sulfonamides is 1. The maximum Gasteiger partial charge on any atom is 0.322 e. The van der Waals surface area contributed by atoms with Crippen LogP contribution in [0.15, 0.2) is 53.4 Å². The van der Waals surface area contributed by atoms with Crippen LogP contribution >= 0.6 is 0 Å². The van der Waals surface area contributed by atoms with Crippen LogP contribution in [0.3, 0.4) is 0 Å². The minimum atomic E-state index is -4.09. The molecule has 2 aromatic rings. The average Bonchev–Trinajstić information content (AvgIpc) is 2.95. The van der Waals surface area contributed by atoms with Crippen LogP contribution in [-0.4, -0.2) is 87.9 Å². The van der Waals surface area contributed by atoms with Crippen LogP contribution < -0.4 is 9.46 Å². The number of ether oxygens (including phenoxy) is 2. The Morgan fingerprint density at radius 1 is 0.947 bits per heavy atom. The van der Waals surface area contributed by atoms with Crippen molar-refractivity contribution in [1.29, 1.82) is 0 Å². The Bertz CT molecular complexity index is 1290. The molecular formula is C27H31N3O7S. The van der Waals surface area contributed by atoms with E-state index in [-0.39, 0.29) is 10.9 Å². The predicted octanol–water partition coefficient (Wildman–Crippen LogP) is 1.99. The lowest BCUT2D eigenvalue weighted by atomic mass is 9.90. The Morgan fingerprint density at radius 3 is 2.00 bits per heavy atom. The molecule has 10 nitrogen and oxygen atoms in total. The summed E-state index contributed by atoms with van der Waals surface area (Å²) >= 11 is 0. The highest BCUT2D eigenvalue weighted by Crippen LogP contribution is 2.24. The topological polar surface area (TPSA) is 125 Å². The average molecular weight is 542 g/mol. The summed E-state index contributed by atoms with van der Waals surface area (Å²) in [6.07, 6.45) is 0.769. The second kappa shape index (κ2) is 12.3. The molecule has 2 amide bonds. The lowest BCUT2D eigenvalue weighted by Crippen LogP contribution is -2.53. The van der Waals surface area contributed by atoms with Crippen molar-refractivity contribution in [2.45, 2.75) is 23.8 Å². The summed E-state index contributed by atoms with van der Waals surface area (Å²) < 4.78 is 38.8. The maximum atomic E-state index is 13.0. The Balaban J connectivity index is 1.37. The molecule has 0 radical (unpaired) electrons. The van der Waals surface area contributed by atoms with E-state index in [1.54, 1.807) is 41.2 Å². The highest BCUT2D eigenvalue weighted by atomic mass is 32.2. The summed E-state index contributed by atoms with van der Waals surface area (Å²) in [6, 6.07) is 11.8. The predicted molar refractivity (Wildman–Crippen MR) is 139 cm³/mol. The number of piperidine rings is 1. The molecule has 0 bridgehead atoms. The van der Waals surface area contributed by atoms with E-state index in [0.717, 1.165) is 11.3 Å². The summed E-state index contributed by atoms with van der Waals surface area (Å²) in [7, 11) is -2.50. The van der Waals surface area contributed by atoms with Gasteiger partial charge in [0, 0.05) is 37.3 Å². The van der Waals surface area contributed by atoms with Gasteiger partial charge in [-0.1, -0.05) is 11.8 Å². The molecule has 2 saturated heterocycles. The number of benzene rings is 2. The molecule has 2 aromatic carbocycles. The SMILES string of the molecule is COc1ccc(C#Cc2ccc(S(=O)(=O)NC(C(=O)O)C3CCN(C(=O)N4CCOCC4)CC3)cc2)cc1. The van der Waals surface area contributed by atoms with Crippen molar-refractivity contribution in [1.82, 2.24) is 14.5 Å². The van der Waals surface area contributed by atoms with E-state index < -0.39 is 28.0 Å². The number of morpholine rings is 1. The van der Waals surface area contributed by atoms with Crippen molar-refractivity contribution >= 4 is 22.0 Å². The molecule has 2 fully saturated rings. The number of nitrogens with one attached hydrogen (secondary N) is 1. The standard InChI is InChI=1S/C27H31N3O7S/c1-36-23-8-4-20(5-9-23)2-3-21-6-10-24(11-7-21)38(34,35)28-25(26(31)32)22-12-14-29(15-13-22)27(33)30-16-18-37-19-17-30/h4-11,22,25,28H,12-19H2,1H3,(H,31,32). The van der Waals surface area contributed by atoms with E-state index in [1.165, 1.54) is 12.1 Å². The summed E-state index contributed by atoms with van der Waals surface area (Å²) in [5.41, 5.74) is 1.40. The zero-order valence-corrected chi connectivity index (χ0v) is 21.9. The Kier molecular flexibility index (Phi) is 8.89. The molecule has 0 aliphatic carbocycles. The van der Waals surface area contributed by atoms with E-state index >= 15 is 0 Å². The van der Waals surface area contributed by atoms with Crippen LogP contribution in [0.1, 0.15) is 24.0 Å². The van der Waals surface area contributed by atoms with Crippen molar-refractivity contribution in [3.63, 3.8) is 0 Å². The molecule has 2 aliphatic rings. The largest absolute Gasteiger partial charge is 0.497 e. The molecule has 11 heteroatoms. The van der Waals surface area contributed by atoms with Crippen molar-refractivity contribution in [3.8, 4) is 17.6 Å². The molecule has 2 N–H and O–H groups in total. The number of carbonyl (C=O) groups is 2. The van der Waals surface area contributed by atoms with Crippen LogP contribution in [0.25, 0.3) is 0 Å². The highest BCUT2D eigenvalue weighted by molar-refractivity contribution is 7.89. The molecule has 2 heterocycles. The van der Waals surface area contributed by atoms with E-state index in [1.807, 2.05) is 12.1 Å². The molecule has 1 unspecified atom stereocenters. The first kappa shape index (κ1) is 27.4. The zero-order chi connectivity index (χ0) is 27.1.